The molecule has 1 aliphatic rings. The van der Waals surface area contributed by atoms with Gasteiger partial charge in [-0.3, -0.25) is 9.89 Å². The van der Waals surface area contributed by atoms with Gasteiger partial charge >= 0.3 is 0 Å². The van der Waals surface area contributed by atoms with Crippen LogP contribution < -0.4 is 10.1 Å². The molecular formula is C24H28ClN5O4S2. The molecule has 192 valence electrons. The van der Waals surface area contributed by atoms with E-state index in [-0.39, 0.29) is 22.4 Å². The van der Waals surface area contributed by atoms with Gasteiger partial charge in [0.1, 0.15) is 5.75 Å². The summed E-state index contributed by atoms with van der Waals surface area (Å²) in [5.41, 5.74) is 0.953. The number of thioether (sulfide) groups is 1. The number of sulfonamides is 1. The normalized spacial score (nSPS) is 16.6. The third kappa shape index (κ3) is 6.39. The molecule has 1 aromatic heterocycles. The Hall–Kier alpha value is -2.60. The van der Waals surface area contributed by atoms with E-state index in [4.69, 9.17) is 16.3 Å². The van der Waals surface area contributed by atoms with Crippen molar-refractivity contribution in [2.45, 2.75) is 29.8 Å². The number of halogens is 1. The first-order valence-electron chi connectivity index (χ1n) is 11.7. The minimum Gasteiger partial charge on any atom is -0.492 e. The second kappa shape index (κ2) is 12.1. The maximum absolute atomic E-state index is 13.2. The van der Waals surface area contributed by atoms with Gasteiger partial charge in [-0.25, -0.2) is 13.4 Å². The van der Waals surface area contributed by atoms with Crippen molar-refractivity contribution in [1.29, 1.82) is 0 Å². The van der Waals surface area contributed by atoms with E-state index >= 15 is 0 Å². The average molecular weight is 550 g/mol. The highest BCUT2D eigenvalue weighted by Gasteiger charge is 2.33. The van der Waals surface area contributed by atoms with Crippen LogP contribution in [0.2, 0.25) is 5.02 Å². The third-order valence-electron chi connectivity index (χ3n) is 5.74. The van der Waals surface area contributed by atoms with Gasteiger partial charge in [-0.1, -0.05) is 53.7 Å². The Bertz CT molecular complexity index is 1290. The van der Waals surface area contributed by atoms with Gasteiger partial charge in [-0.2, -0.15) is 4.31 Å². The molecule has 1 fully saturated rings. The topological polar surface area (TPSA) is 117 Å². The van der Waals surface area contributed by atoms with E-state index in [1.807, 2.05) is 37.3 Å². The summed E-state index contributed by atoms with van der Waals surface area (Å²) in [7, 11) is -3.78. The zero-order valence-electron chi connectivity index (χ0n) is 19.8. The van der Waals surface area contributed by atoms with Crippen LogP contribution in [0.3, 0.4) is 0 Å². The van der Waals surface area contributed by atoms with Gasteiger partial charge in [-0.05, 0) is 38.0 Å². The van der Waals surface area contributed by atoms with E-state index < -0.39 is 15.9 Å². The first-order chi connectivity index (χ1) is 17.4. The van der Waals surface area contributed by atoms with Crippen molar-refractivity contribution in [3.63, 3.8) is 0 Å². The lowest BCUT2D eigenvalue weighted by Gasteiger charge is -2.31. The fourth-order valence-corrected chi connectivity index (χ4v) is 6.44. The number of aromatic nitrogens is 3. The first-order valence-corrected chi connectivity index (χ1v) is 14.5. The Kier molecular flexibility index (Phi) is 8.89. The van der Waals surface area contributed by atoms with E-state index in [2.05, 4.69) is 20.5 Å². The van der Waals surface area contributed by atoms with Crippen molar-refractivity contribution in [2.75, 3.05) is 32.0 Å². The number of ether oxygens (including phenoxy) is 1. The van der Waals surface area contributed by atoms with Crippen molar-refractivity contribution in [2.24, 2.45) is 5.92 Å². The summed E-state index contributed by atoms with van der Waals surface area (Å²) in [5, 5.41) is 10.9. The predicted molar refractivity (Wildman–Crippen MR) is 140 cm³/mol. The molecule has 1 saturated heterocycles. The summed E-state index contributed by atoms with van der Waals surface area (Å²) in [6, 6.07) is 14.2. The second-order valence-corrected chi connectivity index (χ2v) is 11.6. The highest BCUT2D eigenvalue weighted by atomic mass is 35.5. The van der Waals surface area contributed by atoms with Gasteiger partial charge in [0, 0.05) is 31.0 Å². The first kappa shape index (κ1) is 26.5. The number of nitrogens with one attached hydrogen (secondary N) is 2. The monoisotopic (exact) mass is 549 g/mol. The number of nitrogens with zero attached hydrogens (tertiary/aromatic N) is 3. The molecular weight excluding hydrogens is 522 g/mol. The van der Waals surface area contributed by atoms with Crippen LogP contribution in [0, 0.1) is 5.92 Å². The Morgan fingerprint density at radius 1 is 1.28 bits per heavy atom. The third-order valence-corrected chi connectivity index (χ3v) is 8.75. The van der Waals surface area contributed by atoms with E-state index in [9.17, 15) is 13.2 Å². The molecule has 0 saturated carbocycles. The Morgan fingerprint density at radius 3 is 2.83 bits per heavy atom. The van der Waals surface area contributed by atoms with Crippen molar-refractivity contribution in [3.8, 4) is 17.1 Å². The molecule has 0 spiro atoms. The van der Waals surface area contributed by atoms with E-state index in [0.29, 0.717) is 55.0 Å². The molecule has 0 radical (unpaired) electrons. The number of amides is 1. The summed E-state index contributed by atoms with van der Waals surface area (Å²) in [6.45, 7) is 3.18. The van der Waals surface area contributed by atoms with Gasteiger partial charge in [0.25, 0.3) is 0 Å². The molecule has 0 aliphatic carbocycles. The fraction of sp³-hybridized carbons (Fsp3) is 0.375. The van der Waals surface area contributed by atoms with Gasteiger partial charge in [0.15, 0.2) is 5.82 Å². The Morgan fingerprint density at radius 2 is 2.08 bits per heavy atom. The number of H-pyrrole nitrogens is 1. The van der Waals surface area contributed by atoms with Crippen LogP contribution in [-0.2, 0) is 14.8 Å². The van der Waals surface area contributed by atoms with E-state index in [1.165, 1.54) is 28.2 Å². The molecule has 3 aromatic rings. The number of carbonyl (C=O) groups excluding carboxylic acids is 1. The molecule has 1 amide bonds. The van der Waals surface area contributed by atoms with Crippen LogP contribution in [0.1, 0.15) is 19.8 Å². The summed E-state index contributed by atoms with van der Waals surface area (Å²) in [6.07, 6.45) is 1.24. The second-order valence-electron chi connectivity index (χ2n) is 8.20. The van der Waals surface area contributed by atoms with Crippen LogP contribution in [0.5, 0.6) is 5.75 Å². The molecule has 36 heavy (non-hydrogen) atoms. The van der Waals surface area contributed by atoms with Crippen LogP contribution >= 0.6 is 23.4 Å². The summed E-state index contributed by atoms with van der Waals surface area (Å²) in [4.78, 5) is 17.3. The standard InChI is InChI=1S/C24H28ClN5O4S2/c1-2-34-21-11-10-19(15-20(21)25)36(32,33)30-13-6-9-18(16-30)23(31)26-12-14-35-24-27-22(28-29-24)17-7-4-3-5-8-17/h3-5,7-8,10-11,15,18H,2,6,9,12-14,16H2,1H3,(H,26,31)(H,27,28,29)/t18-/m0/s1. The van der Waals surface area contributed by atoms with E-state index in [1.54, 1.807) is 6.07 Å². The highest BCUT2D eigenvalue weighted by molar-refractivity contribution is 7.99. The van der Waals surface area contributed by atoms with Crippen molar-refractivity contribution < 1.29 is 17.9 Å². The van der Waals surface area contributed by atoms with E-state index in [0.717, 1.165) is 5.56 Å². The minimum atomic E-state index is -3.78. The molecule has 0 unspecified atom stereocenters. The smallest absolute Gasteiger partial charge is 0.243 e. The van der Waals surface area contributed by atoms with Crippen LogP contribution in [0.15, 0.2) is 58.6 Å². The Balaban J connectivity index is 1.28. The number of hydrogen-bond donors (Lipinski definition) is 2. The van der Waals surface area contributed by atoms with Crippen molar-refractivity contribution >= 4 is 39.3 Å². The molecule has 12 heteroatoms. The molecule has 2 aromatic carbocycles. The molecule has 9 nitrogen and oxygen atoms in total. The highest BCUT2D eigenvalue weighted by Crippen LogP contribution is 2.30. The quantitative estimate of drug-likeness (QED) is 0.291. The van der Waals surface area contributed by atoms with Gasteiger partial charge < -0.3 is 10.1 Å². The van der Waals surface area contributed by atoms with Crippen LogP contribution in [-0.4, -0.2) is 65.8 Å². The maximum atomic E-state index is 13.2. The number of piperidine rings is 1. The summed E-state index contributed by atoms with van der Waals surface area (Å²) >= 11 is 7.63. The van der Waals surface area contributed by atoms with Gasteiger partial charge in [0.2, 0.25) is 21.1 Å². The van der Waals surface area contributed by atoms with Crippen molar-refractivity contribution in [3.05, 3.63) is 53.6 Å². The number of benzene rings is 2. The predicted octanol–water partition coefficient (Wildman–Crippen LogP) is 3.83. The zero-order chi connectivity index (χ0) is 25.5. The zero-order valence-corrected chi connectivity index (χ0v) is 22.2. The summed E-state index contributed by atoms with van der Waals surface area (Å²) in [5.74, 6) is 1.16. The molecule has 2 N–H and O–H groups in total. The molecule has 4 rings (SSSR count). The minimum absolute atomic E-state index is 0.0924. The fourth-order valence-electron chi connectivity index (χ4n) is 3.94. The number of hydrogen-bond acceptors (Lipinski definition) is 7. The maximum Gasteiger partial charge on any atom is 0.243 e. The molecule has 1 atom stereocenters. The summed E-state index contributed by atoms with van der Waals surface area (Å²) < 4.78 is 33.1. The molecule has 0 bridgehead atoms. The molecule has 2 heterocycles. The van der Waals surface area contributed by atoms with Crippen LogP contribution in [0.25, 0.3) is 11.4 Å². The Labute approximate surface area is 220 Å². The average Bonchev–Trinajstić information content (AvgIpc) is 3.37. The SMILES string of the molecule is CCOc1ccc(S(=O)(=O)N2CCC[C@H](C(=O)NCCSc3n[nH]c(-c4ccccc4)n3)C2)cc1Cl. The molecule has 1 aliphatic heterocycles. The number of aromatic amines is 1. The lowest BCUT2D eigenvalue weighted by molar-refractivity contribution is -0.125. The largest absolute Gasteiger partial charge is 0.492 e. The van der Waals surface area contributed by atoms with Crippen LogP contribution in [0.4, 0.5) is 0 Å². The van der Waals surface area contributed by atoms with Crippen molar-refractivity contribution in [1.82, 2.24) is 24.8 Å². The van der Waals surface area contributed by atoms with Gasteiger partial charge in [0.05, 0.1) is 22.4 Å². The lowest BCUT2D eigenvalue weighted by atomic mass is 9.99. The van der Waals surface area contributed by atoms with Gasteiger partial charge in [-0.15, -0.1) is 5.10 Å². The lowest BCUT2D eigenvalue weighted by Crippen LogP contribution is -2.45. The number of carbonyl (C=O) groups is 1. The number of rotatable bonds is 10.